The van der Waals surface area contributed by atoms with Crippen molar-refractivity contribution in [3.05, 3.63) is 12.2 Å². The zero-order valence-electron chi connectivity index (χ0n) is 28.7. The van der Waals surface area contributed by atoms with Crippen LogP contribution in [0.25, 0.3) is 0 Å². The number of amides is 1. The predicted octanol–water partition coefficient (Wildman–Crippen LogP) is 14.0. The molecular weight excluding hydrogens is 581 g/mol. The second-order valence-electron chi connectivity index (χ2n) is 12.3. The molecule has 0 spiro atoms. The number of halogens is 3. The number of allylic oxidation sites excluding steroid dienone is 2. The standard InChI is InChI=1S/C37H73NO.3ClH/c1-4-7-9-11-13-15-17-19-21-22-24-26-28-30-32-34-36-38(37(39)6-3)35-33-31-29-27-25-23-20-18-16-14-12-10-8-5-2;;;/h19,21H,4-18,20,22-36H2,1-3H3;3*1H/b21-19-;;;. The first-order valence-corrected chi connectivity index (χ1v) is 18.2. The van der Waals surface area contributed by atoms with Crippen LogP contribution < -0.4 is 0 Å². The van der Waals surface area contributed by atoms with Crippen molar-refractivity contribution in [1.29, 1.82) is 0 Å². The molecule has 0 unspecified atom stereocenters. The molecule has 0 N–H and O–H groups in total. The van der Waals surface area contributed by atoms with Gasteiger partial charge in [-0.25, -0.2) is 0 Å². The van der Waals surface area contributed by atoms with Gasteiger partial charge in [0.25, 0.3) is 0 Å². The number of rotatable bonds is 32. The van der Waals surface area contributed by atoms with Crippen LogP contribution in [0.3, 0.4) is 0 Å². The Labute approximate surface area is 284 Å². The Hall–Kier alpha value is 0.0800. The fourth-order valence-electron chi connectivity index (χ4n) is 5.63. The zero-order chi connectivity index (χ0) is 28.5. The summed E-state index contributed by atoms with van der Waals surface area (Å²) in [7, 11) is 0. The van der Waals surface area contributed by atoms with Crippen LogP contribution >= 0.6 is 37.2 Å². The molecule has 0 atom stereocenters. The number of hydrogen-bond acceptors (Lipinski definition) is 1. The van der Waals surface area contributed by atoms with Gasteiger partial charge in [0.05, 0.1) is 0 Å². The molecule has 2 nitrogen and oxygen atoms in total. The van der Waals surface area contributed by atoms with Crippen LogP contribution in [0.15, 0.2) is 12.2 Å². The summed E-state index contributed by atoms with van der Waals surface area (Å²) in [5.41, 5.74) is 0. The molecule has 0 aromatic carbocycles. The van der Waals surface area contributed by atoms with E-state index in [9.17, 15) is 4.79 Å². The summed E-state index contributed by atoms with van der Waals surface area (Å²) < 4.78 is 0. The molecule has 0 bridgehead atoms. The topological polar surface area (TPSA) is 20.3 Å². The molecule has 0 aliphatic heterocycles. The molecule has 1 amide bonds. The third-order valence-electron chi connectivity index (χ3n) is 8.38. The Morgan fingerprint density at radius 1 is 0.405 bits per heavy atom. The van der Waals surface area contributed by atoms with Crippen molar-refractivity contribution in [2.45, 2.75) is 207 Å². The largest absolute Gasteiger partial charge is 0.343 e. The van der Waals surface area contributed by atoms with Gasteiger partial charge in [-0.1, -0.05) is 174 Å². The normalized spacial score (nSPS) is 10.7. The minimum atomic E-state index is 0. The second-order valence-corrected chi connectivity index (χ2v) is 12.3. The van der Waals surface area contributed by atoms with E-state index in [1.54, 1.807) is 0 Å². The molecule has 0 aliphatic carbocycles. The van der Waals surface area contributed by atoms with Gasteiger partial charge in [-0.15, -0.1) is 37.2 Å². The molecule has 0 rings (SSSR count). The van der Waals surface area contributed by atoms with Crippen LogP contribution in [0, 0.1) is 0 Å². The van der Waals surface area contributed by atoms with Gasteiger partial charge >= 0.3 is 0 Å². The van der Waals surface area contributed by atoms with Gasteiger partial charge in [0.2, 0.25) is 5.91 Å². The first kappa shape index (κ1) is 49.0. The lowest BCUT2D eigenvalue weighted by atomic mass is 10.0. The lowest BCUT2D eigenvalue weighted by Gasteiger charge is -2.22. The number of carbonyl (C=O) groups is 1. The fourth-order valence-corrected chi connectivity index (χ4v) is 5.63. The van der Waals surface area contributed by atoms with Crippen molar-refractivity contribution in [3.8, 4) is 0 Å². The molecule has 0 radical (unpaired) electrons. The predicted molar refractivity (Wildman–Crippen MR) is 198 cm³/mol. The molecule has 0 aromatic heterocycles. The van der Waals surface area contributed by atoms with Crippen molar-refractivity contribution < 1.29 is 4.79 Å². The average Bonchev–Trinajstić information content (AvgIpc) is 2.95. The van der Waals surface area contributed by atoms with Gasteiger partial charge in [0, 0.05) is 19.5 Å². The highest BCUT2D eigenvalue weighted by atomic mass is 35.5. The Kier molecular flexibility index (Phi) is 50.4. The summed E-state index contributed by atoms with van der Waals surface area (Å²) in [6.07, 6.45) is 43.7. The molecular formula is C37H76Cl3NO. The molecule has 0 saturated heterocycles. The fraction of sp³-hybridized carbons (Fsp3) is 0.919. The monoisotopic (exact) mass is 655 g/mol. The van der Waals surface area contributed by atoms with E-state index in [2.05, 4.69) is 30.9 Å². The van der Waals surface area contributed by atoms with Gasteiger partial charge in [-0.2, -0.15) is 0 Å². The second kappa shape index (κ2) is 43.2. The van der Waals surface area contributed by atoms with E-state index in [1.165, 1.54) is 180 Å². The average molecular weight is 657 g/mol. The van der Waals surface area contributed by atoms with Crippen LogP contribution in [-0.2, 0) is 4.79 Å². The smallest absolute Gasteiger partial charge is 0.222 e. The molecule has 42 heavy (non-hydrogen) atoms. The third-order valence-corrected chi connectivity index (χ3v) is 8.38. The van der Waals surface area contributed by atoms with E-state index >= 15 is 0 Å². The highest BCUT2D eigenvalue weighted by Gasteiger charge is 2.10. The number of nitrogens with zero attached hydrogens (tertiary/aromatic N) is 1. The minimum absolute atomic E-state index is 0. The van der Waals surface area contributed by atoms with Crippen molar-refractivity contribution in [1.82, 2.24) is 4.90 Å². The Morgan fingerprint density at radius 3 is 0.952 bits per heavy atom. The summed E-state index contributed by atoms with van der Waals surface area (Å²) in [5.74, 6) is 0.359. The van der Waals surface area contributed by atoms with Crippen molar-refractivity contribution >= 4 is 43.1 Å². The van der Waals surface area contributed by atoms with Crippen molar-refractivity contribution in [3.63, 3.8) is 0 Å². The molecule has 5 heteroatoms. The van der Waals surface area contributed by atoms with Crippen LogP contribution in [0.1, 0.15) is 207 Å². The molecule has 0 fully saturated rings. The van der Waals surface area contributed by atoms with E-state index in [0.717, 1.165) is 13.1 Å². The maximum atomic E-state index is 12.4. The maximum Gasteiger partial charge on any atom is 0.222 e. The molecule has 0 aliphatic rings. The van der Waals surface area contributed by atoms with E-state index in [1.807, 2.05) is 6.92 Å². The van der Waals surface area contributed by atoms with Gasteiger partial charge in [-0.05, 0) is 38.5 Å². The molecule has 0 heterocycles. The summed E-state index contributed by atoms with van der Waals surface area (Å²) in [6, 6.07) is 0. The van der Waals surface area contributed by atoms with Crippen LogP contribution in [0.2, 0.25) is 0 Å². The van der Waals surface area contributed by atoms with E-state index in [4.69, 9.17) is 0 Å². The lowest BCUT2D eigenvalue weighted by molar-refractivity contribution is -0.131. The summed E-state index contributed by atoms with van der Waals surface area (Å²) >= 11 is 0. The highest BCUT2D eigenvalue weighted by molar-refractivity contribution is 5.86. The zero-order valence-corrected chi connectivity index (χ0v) is 31.1. The summed E-state index contributed by atoms with van der Waals surface area (Å²) in [4.78, 5) is 14.5. The van der Waals surface area contributed by atoms with Crippen LogP contribution in [0.4, 0.5) is 0 Å². The van der Waals surface area contributed by atoms with Gasteiger partial charge in [-0.3, -0.25) is 4.79 Å². The van der Waals surface area contributed by atoms with Crippen molar-refractivity contribution in [2.75, 3.05) is 13.1 Å². The van der Waals surface area contributed by atoms with Crippen LogP contribution in [-0.4, -0.2) is 23.9 Å². The molecule has 0 aromatic rings. The third kappa shape index (κ3) is 38.1. The lowest BCUT2D eigenvalue weighted by Crippen LogP contribution is -2.32. The number of unbranched alkanes of at least 4 members (excludes halogenated alkanes) is 25. The Balaban J connectivity index is -0.00000241. The number of carbonyl (C=O) groups excluding carboxylic acids is 1. The first-order chi connectivity index (χ1) is 19.3. The summed E-state index contributed by atoms with van der Waals surface area (Å²) in [6.45, 7) is 8.56. The summed E-state index contributed by atoms with van der Waals surface area (Å²) in [5, 5.41) is 0. The quantitative estimate of drug-likeness (QED) is 0.0521. The Bertz CT molecular complexity index is 515. The van der Waals surface area contributed by atoms with E-state index < -0.39 is 0 Å². The van der Waals surface area contributed by atoms with Gasteiger partial charge in [0.1, 0.15) is 0 Å². The Morgan fingerprint density at radius 2 is 0.667 bits per heavy atom. The maximum absolute atomic E-state index is 12.4. The van der Waals surface area contributed by atoms with Gasteiger partial charge in [0.15, 0.2) is 0 Å². The van der Waals surface area contributed by atoms with E-state index in [0.29, 0.717) is 12.3 Å². The molecule has 256 valence electrons. The minimum Gasteiger partial charge on any atom is -0.343 e. The van der Waals surface area contributed by atoms with Crippen LogP contribution in [0.5, 0.6) is 0 Å². The highest BCUT2D eigenvalue weighted by Crippen LogP contribution is 2.14. The van der Waals surface area contributed by atoms with Crippen molar-refractivity contribution in [2.24, 2.45) is 0 Å². The SMILES string of the molecule is CCCCCCCC/C=C\CCCCCCCCN(CCCCCCCCCCCCCCCC)C(=O)CC.Cl.Cl.Cl. The number of hydrogen-bond donors (Lipinski definition) is 0. The van der Waals surface area contributed by atoms with E-state index in [-0.39, 0.29) is 37.2 Å². The first-order valence-electron chi connectivity index (χ1n) is 18.2. The molecule has 0 saturated carbocycles. The van der Waals surface area contributed by atoms with Gasteiger partial charge < -0.3 is 4.90 Å².